The van der Waals surface area contributed by atoms with Gasteiger partial charge in [-0.25, -0.2) is 0 Å². The molecule has 1 aliphatic heterocycles. The summed E-state index contributed by atoms with van der Waals surface area (Å²) in [6, 6.07) is 3.28. The van der Waals surface area contributed by atoms with E-state index in [-0.39, 0.29) is 11.7 Å². The monoisotopic (exact) mass is 287 g/mol. The second-order valence-corrected chi connectivity index (χ2v) is 4.82. The van der Waals surface area contributed by atoms with Gasteiger partial charge in [0.15, 0.2) is 0 Å². The van der Waals surface area contributed by atoms with Gasteiger partial charge in [0.05, 0.1) is 5.70 Å². The fourth-order valence-corrected chi connectivity index (χ4v) is 2.24. The average Bonchev–Trinajstić information content (AvgIpc) is 2.50. The van der Waals surface area contributed by atoms with Gasteiger partial charge in [0.25, 0.3) is 5.56 Å². The van der Waals surface area contributed by atoms with Crippen molar-refractivity contribution in [2.45, 2.75) is 18.9 Å². The molecule has 0 bridgehead atoms. The summed E-state index contributed by atoms with van der Waals surface area (Å²) in [5, 5.41) is 3.28. The molecule has 1 fully saturated rings. The molecule has 1 aromatic heterocycles. The van der Waals surface area contributed by atoms with Crippen molar-refractivity contribution in [1.29, 1.82) is 0 Å². The van der Waals surface area contributed by atoms with Crippen molar-refractivity contribution in [2.24, 2.45) is 5.73 Å². The van der Waals surface area contributed by atoms with Crippen LogP contribution in [0, 0.1) is 0 Å². The summed E-state index contributed by atoms with van der Waals surface area (Å²) in [5.41, 5.74) is 5.97. The van der Waals surface area contributed by atoms with E-state index in [1.54, 1.807) is 30.5 Å². The maximum Gasteiger partial charge on any atom is 0.258 e. The summed E-state index contributed by atoms with van der Waals surface area (Å²) < 4.78 is 7.31. The number of ether oxygens (including phenoxy) is 1. The molecule has 0 aromatic carbocycles. The van der Waals surface area contributed by atoms with Crippen LogP contribution >= 0.6 is 0 Å². The van der Waals surface area contributed by atoms with Gasteiger partial charge in [0.1, 0.15) is 11.9 Å². The predicted octanol–water partition coefficient (Wildman–Crippen LogP) is 1.48. The summed E-state index contributed by atoms with van der Waals surface area (Å²) in [6.07, 6.45) is 10.2. The standard InChI is InChI=1S/C16H21N3O2/c1-2-3-4-13(12-17)19-10-7-15(11-16(19)20)21-14-5-8-18-9-6-14/h2-4,7,10-12,14,18H,1,5-6,8-9,17H2/b4-3-,13-12+. The van der Waals surface area contributed by atoms with Gasteiger partial charge in [0.2, 0.25) is 0 Å². The molecule has 0 radical (unpaired) electrons. The maximum atomic E-state index is 12.2. The normalized spacial score (nSPS) is 17.0. The molecule has 0 atom stereocenters. The van der Waals surface area contributed by atoms with Crippen molar-refractivity contribution < 1.29 is 4.74 Å². The Morgan fingerprint density at radius 2 is 2.24 bits per heavy atom. The van der Waals surface area contributed by atoms with Crippen molar-refractivity contribution in [3.05, 3.63) is 59.7 Å². The van der Waals surface area contributed by atoms with Crippen molar-refractivity contribution >= 4 is 5.70 Å². The first-order chi connectivity index (χ1) is 10.2. The summed E-state index contributed by atoms with van der Waals surface area (Å²) >= 11 is 0. The zero-order valence-electron chi connectivity index (χ0n) is 12.0. The van der Waals surface area contributed by atoms with Crippen LogP contribution in [0.1, 0.15) is 12.8 Å². The SMILES string of the molecule is C=C/C=C\C(=C/N)n1ccc(OC2CCNCC2)cc1=O. The number of aromatic nitrogens is 1. The molecule has 1 aromatic rings. The lowest BCUT2D eigenvalue weighted by molar-refractivity contribution is 0.162. The van der Waals surface area contributed by atoms with Crippen LogP contribution in [-0.2, 0) is 0 Å². The first-order valence-electron chi connectivity index (χ1n) is 7.06. The molecule has 0 amide bonds. The van der Waals surface area contributed by atoms with Crippen molar-refractivity contribution in [1.82, 2.24) is 9.88 Å². The molecule has 5 heteroatoms. The largest absolute Gasteiger partial charge is 0.490 e. The first kappa shape index (κ1) is 15.1. The van der Waals surface area contributed by atoms with Crippen LogP contribution in [0.2, 0.25) is 0 Å². The number of nitrogens with one attached hydrogen (secondary N) is 1. The zero-order chi connectivity index (χ0) is 15.1. The van der Waals surface area contributed by atoms with E-state index in [9.17, 15) is 4.79 Å². The average molecular weight is 287 g/mol. The maximum absolute atomic E-state index is 12.2. The molecular weight excluding hydrogens is 266 g/mol. The summed E-state index contributed by atoms with van der Waals surface area (Å²) in [7, 11) is 0. The van der Waals surface area contributed by atoms with Gasteiger partial charge in [-0.2, -0.15) is 0 Å². The minimum Gasteiger partial charge on any atom is -0.490 e. The Morgan fingerprint density at radius 3 is 2.86 bits per heavy atom. The summed E-state index contributed by atoms with van der Waals surface area (Å²) in [5.74, 6) is 0.604. The Labute approximate surface area is 124 Å². The van der Waals surface area contributed by atoms with Crippen LogP contribution in [0.15, 0.2) is 54.1 Å². The van der Waals surface area contributed by atoms with E-state index in [1.807, 2.05) is 0 Å². The van der Waals surface area contributed by atoms with Gasteiger partial charge in [-0.3, -0.25) is 9.36 Å². The van der Waals surface area contributed by atoms with Crippen LogP contribution in [0.3, 0.4) is 0 Å². The number of rotatable bonds is 5. The zero-order valence-corrected chi connectivity index (χ0v) is 12.0. The van der Waals surface area contributed by atoms with E-state index in [4.69, 9.17) is 10.5 Å². The molecule has 0 spiro atoms. The van der Waals surface area contributed by atoms with E-state index in [0.717, 1.165) is 25.9 Å². The second kappa shape index (κ2) is 7.50. The highest BCUT2D eigenvalue weighted by Gasteiger charge is 2.14. The fourth-order valence-electron chi connectivity index (χ4n) is 2.24. The van der Waals surface area contributed by atoms with Crippen molar-refractivity contribution in [3.63, 3.8) is 0 Å². The van der Waals surface area contributed by atoms with Gasteiger partial charge in [-0.15, -0.1) is 0 Å². The number of nitrogens with zero attached hydrogens (tertiary/aromatic N) is 1. The van der Waals surface area contributed by atoms with E-state index >= 15 is 0 Å². The molecule has 1 aliphatic rings. The smallest absolute Gasteiger partial charge is 0.258 e. The van der Waals surface area contributed by atoms with E-state index in [1.165, 1.54) is 16.8 Å². The number of hydrogen-bond donors (Lipinski definition) is 2. The van der Waals surface area contributed by atoms with Gasteiger partial charge in [0, 0.05) is 18.5 Å². The minimum atomic E-state index is -0.174. The highest BCUT2D eigenvalue weighted by atomic mass is 16.5. The molecule has 5 nitrogen and oxygen atoms in total. The minimum absolute atomic E-state index is 0.173. The molecule has 0 saturated carbocycles. The van der Waals surface area contributed by atoms with Crippen LogP contribution in [-0.4, -0.2) is 23.8 Å². The molecule has 0 aliphatic carbocycles. The molecule has 112 valence electrons. The molecule has 21 heavy (non-hydrogen) atoms. The van der Waals surface area contributed by atoms with Crippen LogP contribution in [0.4, 0.5) is 0 Å². The van der Waals surface area contributed by atoms with Gasteiger partial charge in [-0.05, 0) is 38.1 Å². The van der Waals surface area contributed by atoms with Crippen molar-refractivity contribution in [3.8, 4) is 5.75 Å². The van der Waals surface area contributed by atoms with Gasteiger partial charge in [-0.1, -0.05) is 18.7 Å². The summed E-state index contributed by atoms with van der Waals surface area (Å²) in [4.78, 5) is 12.2. The second-order valence-electron chi connectivity index (χ2n) is 4.82. The Kier molecular flexibility index (Phi) is 5.40. The predicted molar refractivity (Wildman–Crippen MR) is 85.0 cm³/mol. The van der Waals surface area contributed by atoms with Crippen LogP contribution in [0.5, 0.6) is 5.75 Å². The highest BCUT2D eigenvalue weighted by molar-refractivity contribution is 5.57. The molecule has 1 saturated heterocycles. The lowest BCUT2D eigenvalue weighted by Crippen LogP contribution is -2.34. The van der Waals surface area contributed by atoms with E-state index < -0.39 is 0 Å². The molecule has 0 unspecified atom stereocenters. The number of hydrogen-bond acceptors (Lipinski definition) is 4. The van der Waals surface area contributed by atoms with E-state index in [0.29, 0.717) is 11.4 Å². The lowest BCUT2D eigenvalue weighted by Gasteiger charge is -2.23. The van der Waals surface area contributed by atoms with Crippen LogP contribution < -0.4 is 21.3 Å². The Hall–Kier alpha value is -2.27. The number of piperidine rings is 1. The van der Waals surface area contributed by atoms with Crippen LogP contribution in [0.25, 0.3) is 5.70 Å². The molecule has 3 N–H and O–H groups in total. The van der Waals surface area contributed by atoms with Gasteiger partial charge >= 0.3 is 0 Å². The Morgan fingerprint density at radius 1 is 1.48 bits per heavy atom. The number of pyridine rings is 1. The van der Waals surface area contributed by atoms with Crippen molar-refractivity contribution in [2.75, 3.05) is 13.1 Å². The topological polar surface area (TPSA) is 69.3 Å². The third kappa shape index (κ3) is 4.10. The third-order valence-corrected chi connectivity index (χ3v) is 3.33. The number of nitrogens with two attached hydrogens (primary N) is 1. The Bertz CT molecular complexity index is 596. The lowest BCUT2D eigenvalue weighted by atomic mass is 10.1. The fraction of sp³-hybridized carbons (Fsp3) is 0.312. The molecule has 2 rings (SSSR count). The number of allylic oxidation sites excluding steroid dienone is 4. The highest BCUT2D eigenvalue weighted by Crippen LogP contribution is 2.15. The Balaban J connectivity index is 2.14. The van der Waals surface area contributed by atoms with E-state index in [2.05, 4.69) is 11.9 Å². The quantitative estimate of drug-likeness (QED) is 0.805. The summed E-state index contributed by atoms with van der Waals surface area (Å²) in [6.45, 7) is 5.50. The molecular formula is C16H21N3O2. The first-order valence-corrected chi connectivity index (χ1v) is 7.06. The molecule has 2 heterocycles. The van der Waals surface area contributed by atoms with Gasteiger partial charge < -0.3 is 15.8 Å². The third-order valence-electron chi connectivity index (χ3n) is 3.33.